The molecule has 0 fully saturated rings. The van der Waals surface area contributed by atoms with Gasteiger partial charge in [0.15, 0.2) is 0 Å². The maximum absolute atomic E-state index is 12.2. The largest absolute Gasteiger partial charge is 0.508 e. The topological polar surface area (TPSA) is 49.3 Å². The van der Waals surface area contributed by atoms with Crippen molar-refractivity contribution in [3.8, 4) is 5.75 Å². The first-order chi connectivity index (χ1) is 11.7. The summed E-state index contributed by atoms with van der Waals surface area (Å²) in [4.78, 5) is 13.3. The number of aromatic hydroxyl groups is 1. The lowest BCUT2D eigenvalue weighted by Gasteiger charge is -2.06. The predicted octanol–water partition coefficient (Wildman–Crippen LogP) is 4.94. The van der Waals surface area contributed by atoms with Crippen LogP contribution in [0.3, 0.4) is 0 Å². The lowest BCUT2D eigenvalue weighted by atomic mass is 10.1. The minimum atomic E-state index is -0.112. The summed E-state index contributed by atoms with van der Waals surface area (Å²) >= 11 is 1.69. The fourth-order valence-corrected chi connectivity index (χ4v) is 3.04. The standard InChI is InChI=1S/C20H17NO2S/c22-18-10-12-19(13-11-18)24-14-15-6-8-16(9-7-15)20(23)21-17-4-2-1-3-5-17/h1-13,22H,14H2,(H,21,23). The monoisotopic (exact) mass is 335 g/mol. The van der Waals surface area contributed by atoms with Gasteiger partial charge in [-0.15, -0.1) is 11.8 Å². The van der Waals surface area contributed by atoms with Crippen LogP contribution in [0.15, 0.2) is 83.8 Å². The van der Waals surface area contributed by atoms with Gasteiger partial charge in [-0.2, -0.15) is 0 Å². The van der Waals surface area contributed by atoms with Gasteiger partial charge in [-0.1, -0.05) is 30.3 Å². The van der Waals surface area contributed by atoms with E-state index < -0.39 is 0 Å². The van der Waals surface area contributed by atoms with Crippen molar-refractivity contribution < 1.29 is 9.90 Å². The van der Waals surface area contributed by atoms with Crippen LogP contribution >= 0.6 is 11.8 Å². The van der Waals surface area contributed by atoms with Gasteiger partial charge in [0.1, 0.15) is 5.75 Å². The van der Waals surface area contributed by atoms with Gasteiger partial charge in [-0.25, -0.2) is 0 Å². The first-order valence-electron chi connectivity index (χ1n) is 7.58. The highest BCUT2D eigenvalue weighted by molar-refractivity contribution is 7.98. The normalized spacial score (nSPS) is 10.3. The van der Waals surface area contributed by atoms with E-state index in [-0.39, 0.29) is 11.7 Å². The van der Waals surface area contributed by atoms with Crippen LogP contribution in [0.4, 0.5) is 5.69 Å². The lowest BCUT2D eigenvalue weighted by Crippen LogP contribution is -2.11. The highest BCUT2D eigenvalue weighted by atomic mass is 32.2. The molecule has 0 spiro atoms. The number of anilines is 1. The highest BCUT2D eigenvalue weighted by Crippen LogP contribution is 2.24. The lowest BCUT2D eigenvalue weighted by molar-refractivity contribution is 0.102. The van der Waals surface area contributed by atoms with Gasteiger partial charge in [0, 0.05) is 21.9 Å². The number of hydrogen-bond acceptors (Lipinski definition) is 3. The minimum absolute atomic E-state index is 0.112. The zero-order chi connectivity index (χ0) is 16.8. The molecule has 0 unspecified atom stereocenters. The van der Waals surface area contributed by atoms with Crippen LogP contribution in [-0.2, 0) is 5.75 Å². The van der Waals surface area contributed by atoms with Crippen LogP contribution < -0.4 is 5.32 Å². The van der Waals surface area contributed by atoms with E-state index in [4.69, 9.17) is 0 Å². The van der Waals surface area contributed by atoms with Gasteiger partial charge in [-0.3, -0.25) is 4.79 Å². The molecule has 3 aromatic carbocycles. The van der Waals surface area contributed by atoms with E-state index in [1.54, 1.807) is 23.9 Å². The van der Waals surface area contributed by atoms with E-state index in [0.29, 0.717) is 5.56 Å². The molecule has 2 N–H and O–H groups in total. The van der Waals surface area contributed by atoms with E-state index in [2.05, 4.69) is 5.32 Å². The molecule has 3 rings (SSSR count). The molecule has 1 amide bonds. The molecule has 0 aliphatic heterocycles. The Morgan fingerprint density at radius 2 is 1.54 bits per heavy atom. The Hall–Kier alpha value is -2.72. The molecular formula is C20H17NO2S. The van der Waals surface area contributed by atoms with Crippen LogP contribution in [0.5, 0.6) is 5.75 Å². The van der Waals surface area contributed by atoms with Gasteiger partial charge >= 0.3 is 0 Å². The summed E-state index contributed by atoms with van der Waals surface area (Å²) in [6.45, 7) is 0. The Balaban J connectivity index is 1.58. The van der Waals surface area contributed by atoms with Crippen LogP contribution in [-0.4, -0.2) is 11.0 Å². The molecule has 0 aliphatic rings. The molecule has 0 aliphatic carbocycles. The van der Waals surface area contributed by atoms with Crippen molar-refractivity contribution >= 4 is 23.4 Å². The molecule has 24 heavy (non-hydrogen) atoms. The molecule has 0 heterocycles. The van der Waals surface area contributed by atoms with Crippen molar-refractivity contribution in [3.63, 3.8) is 0 Å². The number of carbonyl (C=O) groups is 1. The van der Waals surface area contributed by atoms with E-state index >= 15 is 0 Å². The summed E-state index contributed by atoms with van der Waals surface area (Å²) < 4.78 is 0. The van der Waals surface area contributed by atoms with E-state index in [1.165, 1.54) is 0 Å². The maximum atomic E-state index is 12.2. The summed E-state index contributed by atoms with van der Waals surface area (Å²) in [5.74, 6) is 0.970. The third-order valence-electron chi connectivity index (χ3n) is 3.49. The summed E-state index contributed by atoms with van der Waals surface area (Å²) in [6.07, 6.45) is 0. The molecule has 0 saturated carbocycles. The van der Waals surface area contributed by atoms with Crippen LogP contribution in [0.1, 0.15) is 15.9 Å². The van der Waals surface area contributed by atoms with Crippen LogP contribution in [0.25, 0.3) is 0 Å². The smallest absolute Gasteiger partial charge is 0.255 e. The zero-order valence-corrected chi connectivity index (χ0v) is 13.8. The number of rotatable bonds is 5. The van der Waals surface area contributed by atoms with Crippen molar-refractivity contribution in [3.05, 3.63) is 90.0 Å². The number of phenols is 1. The molecule has 0 radical (unpaired) electrons. The van der Waals surface area contributed by atoms with Crippen LogP contribution in [0, 0.1) is 0 Å². The van der Waals surface area contributed by atoms with Crippen molar-refractivity contribution in [2.45, 2.75) is 10.6 Å². The fraction of sp³-hybridized carbons (Fsp3) is 0.0500. The van der Waals surface area contributed by atoms with Crippen molar-refractivity contribution in [2.75, 3.05) is 5.32 Å². The van der Waals surface area contributed by atoms with E-state index in [1.807, 2.05) is 66.7 Å². The van der Waals surface area contributed by atoms with Crippen LogP contribution in [0.2, 0.25) is 0 Å². The Labute approximate surface area is 145 Å². The molecule has 120 valence electrons. The summed E-state index contributed by atoms with van der Waals surface area (Å²) in [5, 5.41) is 12.2. The molecule has 3 nitrogen and oxygen atoms in total. The number of carbonyl (C=O) groups excluding carboxylic acids is 1. The van der Waals surface area contributed by atoms with Crippen molar-refractivity contribution in [2.24, 2.45) is 0 Å². The third kappa shape index (κ3) is 4.40. The predicted molar refractivity (Wildman–Crippen MR) is 98.5 cm³/mol. The molecule has 3 aromatic rings. The maximum Gasteiger partial charge on any atom is 0.255 e. The average Bonchev–Trinajstić information content (AvgIpc) is 2.62. The number of hydrogen-bond donors (Lipinski definition) is 2. The summed E-state index contributed by atoms with van der Waals surface area (Å²) in [5.41, 5.74) is 2.57. The van der Waals surface area contributed by atoms with Gasteiger partial charge in [0.05, 0.1) is 0 Å². The van der Waals surface area contributed by atoms with Gasteiger partial charge in [0.2, 0.25) is 0 Å². The summed E-state index contributed by atoms with van der Waals surface area (Å²) in [6, 6.07) is 24.2. The number of nitrogens with one attached hydrogen (secondary N) is 1. The number of benzene rings is 3. The molecular weight excluding hydrogens is 318 g/mol. The SMILES string of the molecule is O=C(Nc1ccccc1)c1ccc(CSc2ccc(O)cc2)cc1. The minimum Gasteiger partial charge on any atom is -0.508 e. The molecule has 0 saturated heterocycles. The molecule has 0 aromatic heterocycles. The first-order valence-corrected chi connectivity index (χ1v) is 8.56. The average molecular weight is 335 g/mol. The Morgan fingerprint density at radius 3 is 2.21 bits per heavy atom. The quantitative estimate of drug-likeness (QED) is 0.650. The first kappa shape index (κ1) is 16.1. The Morgan fingerprint density at radius 1 is 0.875 bits per heavy atom. The second-order valence-electron chi connectivity index (χ2n) is 5.30. The van der Waals surface area contributed by atoms with Gasteiger partial charge < -0.3 is 10.4 Å². The molecule has 0 atom stereocenters. The van der Waals surface area contributed by atoms with Crippen molar-refractivity contribution in [1.82, 2.24) is 0 Å². The van der Waals surface area contributed by atoms with E-state index in [9.17, 15) is 9.90 Å². The number of thioether (sulfide) groups is 1. The highest BCUT2D eigenvalue weighted by Gasteiger charge is 2.06. The molecule has 4 heteroatoms. The zero-order valence-electron chi connectivity index (χ0n) is 13.0. The second kappa shape index (κ2) is 7.70. The number of phenolic OH excluding ortho intramolecular Hbond substituents is 1. The van der Waals surface area contributed by atoms with E-state index in [0.717, 1.165) is 21.9 Å². The Bertz CT molecular complexity index is 799. The third-order valence-corrected chi connectivity index (χ3v) is 4.57. The number of amides is 1. The Kier molecular flexibility index (Phi) is 5.18. The number of para-hydroxylation sites is 1. The van der Waals surface area contributed by atoms with Gasteiger partial charge in [0.25, 0.3) is 5.91 Å². The second-order valence-corrected chi connectivity index (χ2v) is 6.35. The molecule has 0 bridgehead atoms. The van der Waals surface area contributed by atoms with Crippen molar-refractivity contribution in [1.29, 1.82) is 0 Å². The fourth-order valence-electron chi connectivity index (χ4n) is 2.19. The summed E-state index contributed by atoms with van der Waals surface area (Å²) in [7, 11) is 0. The van der Waals surface area contributed by atoms with Gasteiger partial charge in [-0.05, 0) is 54.1 Å².